The normalized spacial score (nSPS) is 18.7. The van der Waals surface area contributed by atoms with Crippen LogP contribution < -0.4 is 5.73 Å². The quantitative estimate of drug-likeness (QED) is 0.896. The molecule has 0 spiro atoms. The molecule has 2 heterocycles. The summed E-state index contributed by atoms with van der Waals surface area (Å²) in [5, 5.41) is 0. The molecule has 1 atom stereocenters. The number of pyridine rings is 1. The van der Waals surface area contributed by atoms with Crippen LogP contribution in [0.5, 0.6) is 0 Å². The maximum atomic E-state index is 5.84. The Kier molecular flexibility index (Phi) is 3.58. The third kappa shape index (κ3) is 2.39. The average molecular weight is 254 g/mol. The van der Waals surface area contributed by atoms with Gasteiger partial charge in [-0.05, 0) is 47.2 Å². The van der Waals surface area contributed by atoms with Crippen molar-refractivity contribution in [1.29, 1.82) is 0 Å². The lowest BCUT2D eigenvalue weighted by Crippen LogP contribution is -2.16. The lowest BCUT2D eigenvalue weighted by Gasteiger charge is -2.18. The number of aromatic nitrogens is 1. The number of fused-ring (bicyclic) bond motifs is 1. The summed E-state index contributed by atoms with van der Waals surface area (Å²) in [6, 6.07) is 10.5. The van der Waals surface area contributed by atoms with Gasteiger partial charge in [0.2, 0.25) is 0 Å². The highest BCUT2D eigenvalue weighted by molar-refractivity contribution is 5.68. The van der Waals surface area contributed by atoms with Crippen LogP contribution in [0, 0.1) is 0 Å². The van der Waals surface area contributed by atoms with Crippen LogP contribution in [0.25, 0.3) is 11.1 Å². The summed E-state index contributed by atoms with van der Waals surface area (Å²) in [5.74, 6) is 0. The molecule has 1 aromatic heterocycles. The molecule has 19 heavy (non-hydrogen) atoms. The minimum Gasteiger partial charge on any atom is -0.372 e. The second kappa shape index (κ2) is 5.51. The summed E-state index contributed by atoms with van der Waals surface area (Å²) >= 11 is 0. The standard InChI is InChI=1S/C16H18N2O/c17-11-16-15-4-1-3-13(12-6-8-18-9-7-12)14(15)5-2-10-19-16/h1,3-4,6-9,16H,2,5,10-11,17H2. The van der Waals surface area contributed by atoms with Gasteiger partial charge in [-0.15, -0.1) is 0 Å². The van der Waals surface area contributed by atoms with Crippen LogP contribution >= 0.6 is 0 Å². The topological polar surface area (TPSA) is 48.1 Å². The van der Waals surface area contributed by atoms with Gasteiger partial charge in [0.15, 0.2) is 0 Å². The van der Waals surface area contributed by atoms with Gasteiger partial charge in [-0.25, -0.2) is 0 Å². The first-order chi connectivity index (χ1) is 9.40. The minimum absolute atomic E-state index is 0.0271. The fourth-order valence-corrected chi connectivity index (χ4v) is 2.75. The lowest BCUT2D eigenvalue weighted by atomic mass is 9.91. The van der Waals surface area contributed by atoms with Crippen LogP contribution in [-0.2, 0) is 11.2 Å². The van der Waals surface area contributed by atoms with Crippen molar-refractivity contribution < 1.29 is 4.74 Å². The van der Waals surface area contributed by atoms with Gasteiger partial charge in [0.1, 0.15) is 0 Å². The largest absolute Gasteiger partial charge is 0.372 e. The smallest absolute Gasteiger partial charge is 0.0949 e. The molecule has 0 saturated heterocycles. The van der Waals surface area contributed by atoms with E-state index in [0.717, 1.165) is 19.4 Å². The summed E-state index contributed by atoms with van der Waals surface area (Å²) in [6.45, 7) is 1.32. The Balaban J connectivity index is 2.12. The van der Waals surface area contributed by atoms with Crippen LogP contribution in [0.3, 0.4) is 0 Å². The summed E-state index contributed by atoms with van der Waals surface area (Å²) in [6.07, 6.45) is 5.79. The van der Waals surface area contributed by atoms with E-state index in [4.69, 9.17) is 10.5 Å². The molecular formula is C16H18N2O. The van der Waals surface area contributed by atoms with Gasteiger partial charge in [0.25, 0.3) is 0 Å². The second-order valence-corrected chi connectivity index (χ2v) is 4.81. The van der Waals surface area contributed by atoms with Crippen LogP contribution in [0.1, 0.15) is 23.7 Å². The Morgan fingerprint density at radius 3 is 2.84 bits per heavy atom. The van der Waals surface area contributed by atoms with E-state index >= 15 is 0 Å². The number of benzene rings is 1. The SMILES string of the molecule is NCC1OCCCc2c(-c3ccncc3)cccc21. The van der Waals surface area contributed by atoms with Gasteiger partial charge in [-0.3, -0.25) is 4.98 Å². The second-order valence-electron chi connectivity index (χ2n) is 4.81. The van der Waals surface area contributed by atoms with E-state index < -0.39 is 0 Å². The molecule has 2 aromatic rings. The van der Waals surface area contributed by atoms with Gasteiger partial charge in [-0.2, -0.15) is 0 Å². The van der Waals surface area contributed by atoms with Crippen LogP contribution in [0.2, 0.25) is 0 Å². The predicted molar refractivity (Wildman–Crippen MR) is 75.7 cm³/mol. The summed E-state index contributed by atoms with van der Waals surface area (Å²) in [4.78, 5) is 4.09. The van der Waals surface area contributed by atoms with E-state index in [1.54, 1.807) is 0 Å². The van der Waals surface area contributed by atoms with Crippen molar-refractivity contribution in [1.82, 2.24) is 4.98 Å². The van der Waals surface area contributed by atoms with Crippen LogP contribution in [-0.4, -0.2) is 18.1 Å². The first kappa shape index (κ1) is 12.3. The number of nitrogens with two attached hydrogens (primary N) is 1. The average Bonchev–Trinajstić information content (AvgIpc) is 2.69. The Morgan fingerprint density at radius 2 is 2.05 bits per heavy atom. The van der Waals surface area contributed by atoms with Crippen molar-refractivity contribution in [2.75, 3.05) is 13.2 Å². The molecule has 3 rings (SSSR count). The Morgan fingerprint density at radius 1 is 1.21 bits per heavy atom. The van der Waals surface area contributed by atoms with Gasteiger partial charge in [0, 0.05) is 25.5 Å². The molecule has 3 heteroatoms. The highest BCUT2D eigenvalue weighted by atomic mass is 16.5. The maximum Gasteiger partial charge on any atom is 0.0949 e. The van der Waals surface area contributed by atoms with Gasteiger partial charge >= 0.3 is 0 Å². The van der Waals surface area contributed by atoms with E-state index in [0.29, 0.717) is 6.54 Å². The zero-order valence-corrected chi connectivity index (χ0v) is 10.9. The van der Waals surface area contributed by atoms with Crippen LogP contribution in [0.4, 0.5) is 0 Å². The molecule has 3 nitrogen and oxygen atoms in total. The Hall–Kier alpha value is -1.71. The number of rotatable bonds is 2. The van der Waals surface area contributed by atoms with E-state index in [2.05, 4.69) is 35.3 Å². The summed E-state index contributed by atoms with van der Waals surface area (Å²) in [7, 11) is 0. The molecule has 1 aliphatic rings. The summed E-state index contributed by atoms with van der Waals surface area (Å²) < 4.78 is 5.83. The van der Waals surface area contributed by atoms with E-state index in [1.807, 2.05) is 12.4 Å². The number of hydrogen-bond donors (Lipinski definition) is 1. The lowest BCUT2D eigenvalue weighted by molar-refractivity contribution is 0.0627. The minimum atomic E-state index is 0.0271. The molecule has 2 N–H and O–H groups in total. The molecule has 0 amide bonds. The fraction of sp³-hybridized carbons (Fsp3) is 0.312. The molecular weight excluding hydrogens is 236 g/mol. The predicted octanol–water partition coefficient (Wildman–Crippen LogP) is 2.71. The highest BCUT2D eigenvalue weighted by Crippen LogP contribution is 2.33. The molecule has 0 aliphatic carbocycles. The van der Waals surface area contributed by atoms with Gasteiger partial charge < -0.3 is 10.5 Å². The monoisotopic (exact) mass is 254 g/mol. The maximum absolute atomic E-state index is 5.84. The first-order valence-electron chi connectivity index (χ1n) is 6.74. The third-order valence-electron chi connectivity index (χ3n) is 3.65. The molecule has 1 unspecified atom stereocenters. The highest BCUT2D eigenvalue weighted by Gasteiger charge is 2.20. The van der Waals surface area contributed by atoms with Crippen molar-refractivity contribution in [2.45, 2.75) is 18.9 Å². The van der Waals surface area contributed by atoms with Crippen molar-refractivity contribution in [3.05, 3.63) is 53.9 Å². The molecule has 0 bridgehead atoms. The van der Waals surface area contributed by atoms with Crippen molar-refractivity contribution in [3.8, 4) is 11.1 Å². The van der Waals surface area contributed by atoms with Crippen molar-refractivity contribution in [2.24, 2.45) is 5.73 Å². The molecule has 98 valence electrons. The molecule has 0 saturated carbocycles. The zero-order valence-electron chi connectivity index (χ0n) is 10.9. The van der Waals surface area contributed by atoms with Crippen LogP contribution in [0.15, 0.2) is 42.7 Å². The van der Waals surface area contributed by atoms with Gasteiger partial charge in [0.05, 0.1) is 6.10 Å². The molecule has 1 aromatic carbocycles. The summed E-state index contributed by atoms with van der Waals surface area (Å²) in [5.41, 5.74) is 11.0. The molecule has 0 radical (unpaired) electrons. The first-order valence-corrected chi connectivity index (χ1v) is 6.74. The Bertz CT molecular complexity index is 554. The van der Waals surface area contributed by atoms with Crippen molar-refractivity contribution >= 4 is 0 Å². The fourth-order valence-electron chi connectivity index (χ4n) is 2.75. The Labute approximate surface area is 113 Å². The number of ether oxygens (including phenoxy) is 1. The van der Waals surface area contributed by atoms with Gasteiger partial charge in [-0.1, -0.05) is 18.2 Å². The van der Waals surface area contributed by atoms with E-state index in [9.17, 15) is 0 Å². The molecule has 0 fully saturated rings. The van der Waals surface area contributed by atoms with E-state index in [1.165, 1.54) is 22.3 Å². The van der Waals surface area contributed by atoms with E-state index in [-0.39, 0.29) is 6.10 Å². The third-order valence-corrected chi connectivity index (χ3v) is 3.65. The zero-order chi connectivity index (χ0) is 13.1. The number of hydrogen-bond acceptors (Lipinski definition) is 3. The van der Waals surface area contributed by atoms with Crippen molar-refractivity contribution in [3.63, 3.8) is 0 Å². The molecule has 1 aliphatic heterocycles. The number of nitrogens with zero attached hydrogens (tertiary/aromatic N) is 1.